The molecule has 2 heterocycles. The Morgan fingerprint density at radius 1 is 0.424 bits per heavy atom. The molecule has 0 N–H and O–H groups in total. The molecule has 0 saturated heterocycles. The van der Waals surface area contributed by atoms with Crippen molar-refractivity contribution < 1.29 is 9.59 Å². The fraction of sp³-hybridized carbons (Fsp3) is 0.491. The topological polar surface area (TPSA) is 34.1 Å². The Morgan fingerprint density at radius 3 is 1.31 bits per heavy atom. The molecule has 2 aliphatic carbocycles. The Morgan fingerprint density at radius 2 is 0.814 bits per heavy atom. The van der Waals surface area contributed by atoms with E-state index in [1.807, 2.05) is 12.1 Å². The van der Waals surface area contributed by atoms with Crippen LogP contribution in [0.3, 0.4) is 0 Å². The highest BCUT2D eigenvalue weighted by atomic mass is 32.1. The van der Waals surface area contributed by atoms with Crippen LogP contribution in [0.2, 0.25) is 0 Å². The number of carbonyl (C=O) groups is 2. The number of unbranched alkanes of at least 4 members (excludes halogenated alkanes) is 15. The van der Waals surface area contributed by atoms with E-state index >= 15 is 0 Å². The van der Waals surface area contributed by atoms with Gasteiger partial charge >= 0.3 is 0 Å². The van der Waals surface area contributed by atoms with Gasteiger partial charge in [-0.3, -0.25) is 9.59 Å². The molecule has 1 atom stereocenters. The lowest BCUT2D eigenvalue weighted by atomic mass is 9.69. The Labute approximate surface area is 364 Å². The molecule has 0 radical (unpaired) electrons. The highest BCUT2D eigenvalue weighted by Gasteiger charge is 2.46. The van der Waals surface area contributed by atoms with Gasteiger partial charge in [-0.15, -0.1) is 22.7 Å². The van der Waals surface area contributed by atoms with Crippen LogP contribution < -0.4 is 0 Å². The Kier molecular flexibility index (Phi) is 15.0. The van der Waals surface area contributed by atoms with Gasteiger partial charge in [-0.2, -0.15) is 0 Å². The zero-order valence-electron chi connectivity index (χ0n) is 36.6. The van der Waals surface area contributed by atoms with E-state index in [0.29, 0.717) is 0 Å². The number of aldehydes is 2. The minimum absolute atomic E-state index is 0.0451. The van der Waals surface area contributed by atoms with Crippen molar-refractivity contribution in [2.75, 3.05) is 0 Å². The van der Waals surface area contributed by atoms with Crippen molar-refractivity contribution in [1.29, 1.82) is 0 Å². The molecule has 4 heteroatoms. The standard InChI is InChI=1S/C55H68O2S2/c1-5-8-11-14-17-20-31-54(4)48-34-40(52-29-25-42(38-56)58-52)23-27-44(48)46-37-51-47(36-49(46)54)45-28-24-41(53-30-26-43(39-57)59-53)35-50(45)55(51,32-21-18-15-12-9-6-2)33-22-19-16-13-10-7-3/h23-30,34-39H,5-22,31-33H2,1-4H3. The zero-order valence-corrected chi connectivity index (χ0v) is 38.2. The average Bonchev–Trinajstić information content (AvgIpc) is 4.05. The van der Waals surface area contributed by atoms with Crippen molar-refractivity contribution in [2.24, 2.45) is 0 Å². The summed E-state index contributed by atoms with van der Waals surface area (Å²) < 4.78 is 0. The second-order valence-corrected chi connectivity index (χ2v) is 20.3. The van der Waals surface area contributed by atoms with Crippen molar-refractivity contribution >= 4 is 35.2 Å². The lowest BCUT2D eigenvalue weighted by Gasteiger charge is -2.34. The van der Waals surface area contributed by atoms with Crippen LogP contribution in [0.5, 0.6) is 0 Å². The highest BCUT2D eigenvalue weighted by molar-refractivity contribution is 7.17. The first-order valence-corrected chi connectivity index (χ1v) is 25.1. The molecule has 2 aromatic heterocycles. The van der Waals surface area contributed by atoms with Gasteiger partial charge in [0.2, 0.25) is 0 Å². The summed E-state index contributed by atoms with van der Waals surface area (Å²) in [5, 5.41) is 0. The molecule has 7 rings (SSSR count). The molecule has 0 spiro atoms. The van der Waals surface area contributed by atoms with E-state index < -0.39 is 0 Å². The summed E-state index contributed by atoms with van der Waals surface area (Å²) >= 11 is 3.21. The maximum absolute atomic E-state index is 11.8. The summed E-state index contributed by atoms with van der Waals surface area (Å²) in [6.07, 6.45) is 28.8. The zero-order chi connectivity index (χ0) is 41.2. The van der Waals surface area contributed by atoms with Gasteiger partial charge in [-0.05, 0) is 123 Å². The fourth-order valence-electron chi connectivity index (χ4n) is 10.7. The van der Waals surface area contributed by atoms with Crippen LogP contribution in [0.15, 0.2) is 72.8 Å². The minimum atomic E-state index is -0.0999. The maximum atomic E-state index is 11.8. The highest BCUT2D eigenvalue weighted by Crippen LogP contribution is 2.60. The summed E-state index contributed by atoms with van der Waals surface area (Å²) in [4.78, 5) is 27.4. The number of thiophene rings is 2. The number of carbonyl (C=O) groups excluding carboxylic acids is 2. The summed E-state index contributed by atoms with van der Waals surface area (Å²) in [7, 11) is 0. The Hall–Kier alpha value is -3.60. The molecule has 0 aliphatic heterocycles. The summed E-state index contributed by atoms with van der Waals surface area (Å²) in [6.45, 7) is 9.46. The van der Waals surface area contributed by atoms with Crippen molar-refractivity contribution in [1.82, 2.24) is 0 Å². The van der Waals surface area contributed by atoms with Crippen LogP contribution in [-0.4, -0.2) is 12.6 Å². The van der Waals surface area contributed by atoms with E-state index in [4.69, 9.17) is 0 Å². The summed E-state index contributed by atoms with van der Waals surface area (Å²) in [5.41, 5.74) is 14.1. The molecule has 5 aromatic rings. The third-order valence-corrected chi connectivity index (χ3v) is 16.1. The van der Waals surface area contributed by atoms with Gasteiger partial charge in [0, 0.05) is 20.6 Å². The van der Waals surface area contributed by atoms with Gasteiger partial charge < -0.3 is 0 Å². The van der Waals surface area contributed by atoms with Crippen LogP contribution in [0, 0.1) is 0 Å². The molecule has 2 nitrogen and oxygen atoms in total. The lowest BCUT2D eigenvalue weighted by molar-refractivity contribution is 0.111. The van der Waals surface area contributed by atoms with E-state index in [-0.39, 0.29) is 10.8 Å². The maximum Gasteiger partial charge on any atom is 0.160 e. The molecular weight excluding hydrogens is 757 g/mol. The van der Waals surface area contributed by atoms with Crippen molar-refractivity contribution in [3.8, 4) is 43.1 Å². The lowest BCUT2D eigenvalue weighted by Crippen LogP contribution is -2.26. The molecular formula is C55H68O2S2. The van der Waals surface area contributed by atoms with Crippen LogP contribution in [-0.2, 0) is 10.8 Å². The van der Waals surface area contributed by atoms with E-state index in [0.717, 1.165) is 28.7 Å². The van der Waals surface area contributed by atoms with Gasteiger partial charge in [-0.1, -0.05) is 168 Å². The first-order valence-electron chi connectivity index (χ1n) is 23.5. The normalized spacial score (nSPS) is 15.9. The average molecular weight is 825 g/mol. The molecule has 2 aliphatic rings. The van der Waals surface area contributed by atoms with E-state index in [1.54, 1.807) is 28.2 Å². The fourth-order valence-corrected chi connectivity index (χ4v) is 12.3. The van der Waals surface area contributed by atoms with Crippen molar-refractivity contribution in [3.05, 3.63) is 105 Å². The second-order valence-electron chi connectivity index (χ2n) is 18.1. The predicted molar refractivity (Wildman–Crippen MR) is 256 cm³/mol. The van der Waals surface area contributed by atoms with E-state index in [9.17, 15) is 9.59 Å². The molecule has 59 heavy (non-hydrogen) atoms. The minimum Gasteiger partial charge on any atom is -0.297 e. The first-order chi connectivity index (χ1) is 28.9. The Bertz CT molecular complexity index is 2170. The molecule has 0 fully saturated rings. The van der Waals surface area contributed by atoms with Crippen molar-refractivity contribution in [3.63, 3.8) is 0 Å². The van der Waals surface area contributed by atoms with E-state index in [1.165, 1.54) is 188 Å². The monoisotopic (exact) mass is 824 g/mol. The Balaban J connectivity index is 1.36. The van der Waals surface area contributed by atoms with Gasteiger partial charge in [0.15, 0.2) is 12.6 Å². The largest absolute Gasteiger partial charge is 0.297 e. The smallest absolute Gasteiger partial charge is 0.160 e. The van der Waals surface area contributed by atoms with Crippen LogP contribution in [0.4, 0.5) is 0 Å². The van der Waals surface area contributed by atoms with Gasteiger partial charge in [-0.25, -0.2) is 0 Å². The number of rotatable bonds is 25. The number of benzene rings is 3. The molecule has 312 valence electrons. The van der Waals surface area contributed by atoms with Gasteiger partial charge in [0.25, 0.3) is 0 Å². The predicted octanol–water partition coefficient (Wildman–Crippen LogP) is 17.6. The first kappa shape index (κ1) is 43.5. The summed E-state index contributed by atoms with van der Waals surface area (Å²) in [5.74, 6) is 0. The molecule has 0 saturated carbocycles. The number of fused-ring (bicyclic) bond motifs is 6. The van der Waals surface area contributed by atoms with Crippen LogP contribution in [0.1, 0.15) is 204 Å². The quantitative estimate of drug-likeness (QED) is 0.0434. The van der Waals surface area contributed by atoms with Crippen LogP contribution >= 0.6 is 22.7 Å². The molecule has 0 amide bonds. The third-order valence-electron chi connectivity index (χ3n) is 14.0. The van der Waals surface area contributed by atoms with Gasteiger partial charge in [0.05, 0.1) is 9.75 Å². The molecule has 1 unspecified atom stereocenters. The second kappa shape index (κ2) is 20.3. The van der Waals surface area contributed by atoms with Crippen LogP contribution in [0.25, 0.3) is 43.1 Å². The number of hydrogen-bond acceptors (Lipinski definition) is 4. The molecule has 0 bridgehead atoms. The summed E-state index contributed by atoms with van der Waals surface area (Å²) in [6, 6.07) is 28.1. The third kappa shape index (κ3) is 9.20. The number of hydrogen-bond donors (Lipinski definition) is 0. The SMILES string of the molecule is CCCCCCCCC1(C)c2cc(-c3ccc(C=O)s3)ccc2-c2cc3c(cc21)-c1ccc(-c2ccc(C=O)s2)cc1C3(CCCCCCCC)CCCCCCCC. The van der Waals surface area contributed by atoms with Gasteiger partial charge in [0.1, 0.15) is 0 Å². The van der Waals surface area contributed by atoms with E-state index in [2.05, 4.69) is 88.4 Å². The molecule has 3 aromatic carbocycles. The van der Waals surface area contributed by atoms with Crippen molar-refractivity contribution in [2.45, 2.75) is 173 Å².